The summed E-state index contributed by atoms with van der Waals surface area (Å²) < 4.78 is 0. The van der Waals surface area contributed by atoms with Gasteiger partial charge in [0.05, 0.1) is 6.42 Å². The molecular weight excluding hydrogens is 180 g/mol. The van der Waals surface area contributed by atoms with Crippen molar-refractivity contribution >= 4 is 11.8 Å². The smallest absolute Gasteiger partial charge is 0.305 e. The molecule has 1 aromatic rings. The Morgan fingerprint density at radius 2 is 2.21 bits per heavy atom. The summed E-state index contributed by atoms with van der Waals surface area (Å²) >= 11 is 0. The maximum absolute atomic E-state index is 10.3. The molecule has 2 N–H and O–H groups in total. The Labute approximate surface area is 83.0 Å². The monoisotopic (exact) mass is 194 g/mol. The number of aromatic nitrogens is 1. The minimum absolute atomic E-state index is 0.106. The van der Waals surface area contributed by atoms with Crippen molar-refractivity contribution in [3.8, 4) is 0 Å². The summed E-state index contributed by atoms with van der Waals surface area (Å²) in [6, 6.07) is 3.87. The lowest BCUT2D eigenvalue weighted by Gasteiger charge is -2.05. The summed E-state index contributed by atoms with van der Waals surface area (Å²) in [4.78, 5) is 14.5. The number of carbonyl (C=O) groups is 1. The van der Waals surface area contributed by atoms with Crippen LogP contribution in [0.15, 0.2) is 12.1 Å². The molecule has 1 aromatic heterocycles. The minimum Gasteiger partial charge on any atom is -0.481 e. The summed E-state index contributed by atoms with van der Waals surface area (Å²) in [7, 11) is 0. The van der Waals surface area contributed by atoms with Crippen molar-refractivity contribution in [3.05, 3.63) is 23.4 Å². The number of aliphatic carboxylic acids is 1. The number of pyridine rings is 1. The number of carboxylic acids is 1. The van der Waals surface area contributed by atoms with Crippen molar-refractivity contribution in [2.45, 2.75) is 20.3 Å². The second kappa shape index (κ2) is 4.60. The number of nitrogens with zero attached hydrogens (tertiary/aromatic N) is 1. The first kappa shape index (κ1) is 10.5. The average Bonchev–Trinajstić information content (AvgIpc) is 2.01. The van der Waals surface area contributed by atoms with E-state index in [9.17, 15) is 4.79 Å². The number of hydrogen-bond acceptors (Lipinski definition) is 3. The molecule has 0 amide bonds. The van der Waals surface area contributed by atoms with Gasteiger partial charge in [0.2, 0.25) is 0 Å². The van der Waals surface area contributed by atoms with Crippen LogP contribution in [0, 0.1) is 13.8 Å². The molecule has 0 aliphatic heterocycles. The molecule has 0 aliphatic rings. The van der Waals surface area contributed by atoms with Crippen LogP contribution in [-0.4, -0.2) is 22.6 Å². The molecule has 0 bridgehead atoms. The van der Waals surface area contributed by atoms with Crippen molar-refractivity contribution in [2.24, 2.45) is 0 Å². The van der Waals surface area contributed by atoms with Gasteiger partial charge in [-0.1, -0.05) is 0 Å². The molecule has 0 aromatic carbocycles. The molecule has 0 saturated heterocycles. The van der Waals surface area contributed by atoms with Gasteiger partial charge in [-0.15, -0.1) is 0 Å². The number of hydrogen-bond donors (Lipinski definition) is 2. The van der Waals surface area contributed by atoms with Crippen LogP contribution >= 0.6 is 0 Å². The van der Waals surface area contributed by atoms with Gasteiger partial charge in [0.1, 0.15) is 5.82 Å². The third-order valence-electron chi connectivity index (χ3n) is 1.74. The SMILES string of the molecule is Cc1cc(C)nc(NCCC(=O)O)c1. The third-order valence-corrected chi connectivity index (χ3v) is 1.74. The Balaban J connectivity index is 2.54. The third kappa shape index (κ3) is 3.43. The van der Waals surface area contributed by atoms with E-state index < -0.39 is 5.97 Å². The lowest BCUT2D eigenvalue weighted by atomic mass is 10.2. The lowest BCUT2D eigenvalue weighted by molar-refractivity contribution is -0.136. The van der Waals surface area contributed by atoms with E-state index in [4.69, 9.17) is 5.11 Å². The van der Waals surface area contributed by atoms with E-state index in [1.165, 1.54) is 0 Å². The van der Waals surface area contributed by atoms with Crippen molar-refractivity contribution in [1.29, 1.82) is 0 Å². The molecule has 0 aliphatic carbocycles. The molecule has 4 nitrogen and oxygen atoms in total. The molecule has 1 heterocycles. The second-order valence-electron chi connectivity index (χ2n) is 3.24. The van der Waals surface area contributed by atoms with Crippen molar-refractivity contribution in [3.63, 3.8) is 0 Å². The largest absolute Gasteiger partial charge is 0.481 e. The predicted octanol–water partition coefficient (Wildman–Crippen LogP) is 1.59. The van der Waals surface area contributed by atoms with Crippen LogP contribution in [0.4, 0.5) is 5.82 Å². The van der Waals surface area contributed by atoms with E-state index in [0.717, 1.165) is 17.1 Å². The number of carboxylic acid groups (broad SMARTS) is 1. The van der Waals surface area contributed by atoms with Gasteiger partial charge in [-0.25, -0.2) is 4.98 Å². The van der Waals surface area contributed by atoms with Crippen LogP contribution in [0.25, 0.3) is 0 Å². The van der Waals surface area contributed by atoms with Crippen molar-refractivity contribution in [2.75, 3.05) is 11.9 Å². The quantitative estimate of drug-likeness (QED) is 0.764. The van der Waals surface area contributed by atoms with Gasteiger partial charge >= 0.3 is 5.97 Å². The van der Waals surface area contributed by atoms with Crippen molar-refractivity contribution < 1.29 is 9.90 Å². The Hall–Kier alpha value is -1.58. The zero-order valence-corrected chi connectivity index (χ0v) is 8.37. The summed E-state index contributed by atoms with van der Waals surface area (Å²) in [6.45, 7) is 4.30. The molecule has 0 unspecified atom stereocenters. The fourth-order valence-corrected chi connectivity index (χ4v) is 1.23. The number of nitrogens with one attached hydrogen (secondary N) is 1. The van der Waals surface area contributed by atoms with Crippen LogP contribution in [-0.2, 0) is 4.79 Å². The average molecular weight is 194 g/mol. The fourth-order valence-electron chi connectivity index (χ4n) is 1.23. The molecule has 0 atom stereocenters. The first-order valence-electron chi connectivity index (χ1n) is 4.49. The fraction of sp³-hybridized carbons (Fsp3) is 0.400. The minimum atomic E-state index is -0.804. The van der Waals surface area contributed by atoms with Crippen LogP contribution < -0.4 is 5.32 Å². The summed E-state index contributed by atoms with van der Waals surface area (Å²) in [6.07, 6.45) is 0.106. The van der Waals surface area contributed by atoms with Gasteiger partial charge in [-0.2, -0.15) is 0 Å². The molecule has 76 valence electrons. The van der Waals surface area contributed by atoms with Gasteiger partial charge in [0.15, 0.2) is 0 Å². The van der Waals surface area contributed by atoms with Crippen LogP contribution in [0.1, 0.15) is 17.7 Å². The summed E-state index contributed by atoms with van der Waals surface area (Å²) in [5.74, 6) is -0.0642. The number of anilines is 1. The van der Waals surface area contributed by atoms with E-state index in [2.05, 4.69) is 10.3 Å². The standard InChI is InChI=1S/C10H14N2O2/c1-7-5-8(2)12-9(6-7)11-4-3-10(13)14/h5-6H,3-4H2,1-2H3,(H,11,12)(H,13,14). The first-order valence-corrected chi connectivity index (χ1v) is 4.49. The van der Waals surface area contributed by atoms with Gasteiger partial charge in [0, 0.05) is 12.2 Å². The van der Waals surface area contributed by atoms with E-state index in [-0.39, 0.29) is 6.42 Å². The molecule has 0 radical (unpaired) electrons. The van der Waals surface area contributed by atoms with Gasteiger partial charge in [0.25, 0.3) is 0 Å². The topological polar surface area (TPSA) is 62.2 Å². The molecule has 14 heavy (non-hydrogen) atoms. The normalized spacial score (nSPS) is 9.86. The van der Waals surface area contributed by atoms with E-state index in [1.54, 1.807) is 0 Å². The van der Waals surface area contributed by atoms with E-state index in [1.807, 2.05) is 26.0 Å². The molecular formula is C10H14N2O2. The maximum atomic E-state index is 10.3. The van der Waals surface area contributed by atoms with Crippen LogP contribution in [0.2, 0.25) is 0 Å². The highest BCUT2D eigenvalue weighted by Gasteiger charge is 1.99. The number of rotatable bonds is 4. The van der Waals surface area contributed by atoms with Crippen LogP contribution in [0.5, 0.6) is 0 Å². The molecule has 0 fully saturated rings. The maximum Gasteiger partial charge on any atom is 0.305 e. The molecule has 4 heteroatoms. The van der Waals surface area contributed by atoms with E-state index >= 15 is 0 Å². The lowest BCUT2D eigenvalue weighted by Crippen LogP contribution is -2.08. The molecule has 1 rings (SSSR count). The molecule has 0 spiro atoms. The highest BCUT2D eigenvalue weighted by atomic mass is 16.4. The zero-order valence-electron chi connectivity index (χ0n) is 8.37. The van der Waals surface area contributed by atoms with Gasteiger partial charge in [-0.3, -0.25) is 4.79 Å². The highest BCUT2D eigenvalue weighted by molar-refractivity contribution is 5.67. The van der Waals surface area contributed by atoms with Crippen molar-refractivity contribution in [1.82, 2.24) is 4.98 Å². The Morgan fingerprint density at radius 1 is 1.50 bits per heavy atom. The second-order valence-corrected chi connectivity index (χ2v) is 3.24. The Kier molecular flexibility index (Phi) is 3.45. The first-order chi connectivity index (χ1) is 6.58. The Bertz CT molecular complexity index is 317. The molecule has 0 saturated carbocycles. The Morgan fingerprint density at radius 3 is 2.79 bits per heavy atom. The number of aryl methyl sites for hydroxylation is 2. The summed E-state index contributed by atoms with van der Waals surface area (Å²) in [5.41, 5.74) is 2.05. The summed E-state index contributed by atoms with van der Waals surface area (Å²) in [5, 5.41) is 11.4. The predicted molar refractivity (Wildman–Crippen MR) is 54.5 cm³/mol. The van der Waals surface area contributed by atoms with Gasteiger partial charge in [-0.05, 0) is 31.5 Å². The highest BCUT2D eigenvalue weighted by Crippen LogP contribution is 2.08. The van der Waals surface area contributed by atoms with E-state index in [0.29, 0.717) is 6.54 Å². The zero-order chi connectivity index (χ0) is 10.6. The van der Waals surface area contributed by atoms with Crippen LogP contribution in [0.3, 0.4) is 0 Å². The van der Waals surface area contributed by atoms with Gasteiger partial charge < -0.3 is 10.4 Å².